The van der Waals surface area contributed by atoms with Crippen molar-refractivity contribution in [2.75, 3.05) is 0 Å². The zero-order chi connectivity index (χ0) is 19.9. The van der Waals surface area contributed by atoms with Crippen LogP contribution in [0.2, 0.25) is 0 Å². The second-order valence-electron chi connectivity index (χ2n) is 6.70. The van der Waals surface area contributed by atoms with Crippen molar-refractivity contribution >= 4 is 5.97 Å². The maximum absolute atomic E-state index is 11.5. The van der Waals surface area contributed by atoms with Crippen LogP contribution in [0.1, 0.15) is 28.1 Å². The molecular formula is C22H24N2O4. The molecule has 1 heterocycles. The molecule has 0 aliphatic rings. The predicted molar refractivity (Wildman–Crippen MR) is 105 cm³/mol. The van der Waals surface area contributed by atoms with Crippen LogP contribution in [-0.2, 0) is 24.4 Å². The number of aliphatic carboxylic acids is 1. The Hall–Kier alpha value is -3.12. The lowest BCUT2D eigenvalue weighted by Crippen LogP contribution is -2.38. The molecule has 146 valence electrons. The summed E-state index contributed by atoms with van der Waals surface area (Å²) in [5.41, 5.74) is 3.77. The number of carboxylic acids is 1. The van der Waals surface area contributed by atoms with Crippen LogP contribution < -0.4 is 10.1 Å². The van der Waals surface area contributed by atoms with Crippen LogP contribution in [-0.4, -0.2) is 22.3 Å². The summed E-state index contributed by atoms with van der Waals surface area (Å²) in [5, 5.41) is 16.5. The molecule has 0 saturated carbocycles. The van der Waals surface area contributed by atoms with Crippen LogP contribution >= 0.6 is 0 Å². The number of carboxylic acid groups (broad SMARTS) is 1. The van der Waals surface area contributed by atoms with Gasteiger partial charge in [0, 0.05) is 6.54 Å². The number of nitrogens with zero attached hydrogens (tertiary/aromatic N) is 1. The molecule has 0 saturated heterocycles. The zero-order valence-electron chi connectivity index (χ0n) is 16.0. The van der Waals surface area contributed by atoms with Crippen molar-refractivity contribution in [3.63, 3.8) is 0 Å². The second-order valence-corrected chi connectivity index (χ2v) is 6.70. The first-order chi connectivity index (χ1) is 13.5. The number of aryl methyl sites for hydroxylation is 2. The average molecular weight is 380 g/mol. The van der Waals surface area contributed by atoms with Gasteiger partial charge in [0.1, 0.15) is 24.2 Å². The van der Waals surface area contributed by atoms with Crippen molar-refractivity contribution in [2.45, 2.75) is 39.5 Å². The quantitative estimate of drug-likeness (QED) is 0.589. The molecule has 0 radical (unpaired) electrons. The lowest BCUT2D eigenvalue weighted by molar-refractivity contribution is -0.139. The first-order valence-corrected chi connectivity index (χ1v) is 9.16. The van der Waals surface area contributed by atoms with E-state index in [1.165, 1.54) is 0 Å². The number of ether oxygens (including phenoxy) is 1. The average Bonchev–Trinajstić information content (AvgIpc) is 3.02. The molecule has 0 aliphatic heterocycles. The van der Waals surface area contributed by atoms with Crippen molar-refractivity contribution in [3.8, 4) is 5.75 Å². The Morgan fingerprint density at radius 2 is 1.82 bits per heavy atom. The molecule has 2 aromatic carbocycles. The van der Waals surface area contributed by atoms with E-state index in [2.05, 4.69) is 10.5 Å². The molecule has 0 fully saturated rings. The van der Waals surface area contributed by atoms with Crippen molar-refractivity contribution in [1.82, 2.24) is 10.5 Å². The molecule has 0 amide bonds. The molecule has 28 heavy (non-hydrogen) atoms. The lowest BCUT2D eigenvalue weighted by atomic mass is 10.1. The Balaban J connectivity index is 1.53. The van der Waals surface area contributed by atoms with Gasteiger partial charge < -0.3 is 19.7 Å². The SMILES string of the molecule is Cc1noc(C)c1COc1ccc(CNC(Cc2ccccc2)C(=O)O)cc1. The van der Waals surface area contributed by atoms with Gasteiger partial charge in [0.25, 0.3) is 0 Å². The maximum Gasteiger partial charge on any atom is 0.321 e. The predicted octanol–water partition coefficient (Wildman–Crippen LogP) is 3.66. The summed E-state index contributed by atoms with van der Waals surface area (Å²) in [5.74, 6) is 0.641. The van der Waals surface area contributed by atoms with Crippen LogP contribution in [0.15, 0.2) is 59.1 Å². The van der Waals surface area contributed by atoms with Gasteiger partial charge in [0.2, 0.25) is 0 Å². The second kappa shape index (κ2) is 9.19. The Morgan fingerprint density at radius 3 is 2.43 bits per heavy atom. The maximum atomic E-state index is 11.5. The standard InChI is InChI=1S/C22H24N2O4/c1-15-20(16(2)28-24-15)14-27-19-10-8-18(9-11-19)13-23-21(22(25)26)12-17-6-4-3-5-7-17/h3-11,21,23H,12-14H2,1-2H3,(H,25,26). The normalized spacial score (nSPS) is 11.9. The largest absolute Gasteiger partial charge is 0.489 e. The molecule has 2 N–H and O–H groups in total. The molecule has 0 aliphatic carbocycles. The molecule has 1 atom stereocenters. The number of benzene rings is 2. The van der Waals surface area contributed by atoms with Gasteiger partial charge in [-0.3, -0.25) is 4.79 Å². The summed E-state index contributed by atoms with van der Waals surface area (Å²) in [6.07, 6.45) is 0.439. The van der Waals surface area contributed by atoms with Gasteiger partial charge in [-0.2, -0.15) is 0 Å². The number of nitrogens with one attached hydrogen (secondary N) is 1. The van der Waals surface area contributed by atoms with Gasteiger partial charge in [0.15, 0.2) is 0 Å². The van der Waals surface area contributed by atoms with Crippen molar-refractivity contribution < 1.29 is 19.2 Å². The fraction of sp³-hybridized carbons (Fsp3) is 0.273. The first kappa shape index (κ1) is 19.6. The summed E-state index contributed by atoms with van der Waals surface area (Å²) >= 11 is 0. The first-order valence-electron chi connectivity index (χ1n) is 9.16. The highest BCUT2D eigenvalue weighted by Gasteiger charge is 2.17. The van der Waals surface area contributed by atoms with Crippen molar-refractivity contribution in [2.24, 2.45) is 0 Å². The van der Waals surface area contributed by atoms with Gasteiger partial charge in [-0.15, -0.1) is 0 Å². The van der Waals surface area contributed by atoms with E-state index >= 15 is 0 Å². The van der Waals surface area contributed by atoms with Crippen LogP contribution in [0.25, 0.3) is 0 Å². The van der Waals surface area contributed by atoms with E-state index in [4.69, 9.17) is 9.26 Å². The summed E-state index contributed by atoms with van der Waals surface area (Å²) in [6.45, 7) is 4.62. The minimum atomic E-state index is -0.858. The number of hydrogen-bond donors (Lipinski definition) is 2. The monoisotopic (exact) mass is 380 g/mol. The number of aromatic nitrogens is 1. The molecule has 0 bridgehead atoms. The lowest BCUT2D eigenvalue weighted by Gasteiger charge is -2.15. The fourth-order valence-electron chi connectivity index (χ4n) is 2.90. The number of hydrogen-bond acceptors (Lipinski definition) is 5. The van der Waals surface area contributed by atoms with Gasteiger partial charge >= 0.3 is 5.97 Å². The number of rotatable bonds is 9. The summed E-state index contributed by atoms with van der Waals surface area (Å²) in [7, 11) is 0. The van der Waals surface area contributed by atoms with E-state index < -0.39 is 12.0 Å². The molecular weight excluding hydrogens is 356 g/mol. The Morgan fingerprint density at radius 1 is 1.11 bits per heavy atom. The number of carbonyl (C=O) groups is 1. The molecule has 0 spiro atoms. The van der Waals surface area contributed by atoms with E-state index in [1.54, 1.807) is 0 Å². The topological polar surface area (TPSA) is 84.6 Å². The molecule has 1 aromatic heterocycles. The Labute approximate surface area is 164 Å². The zero-order valence-corrected chi connectivity index (χ0v) is 16.0. The fourth-order valence-corrected chi connectivity index (χ4v) is 2.90. The van der Waals surface area contributed by atoms with Gasteiger partial charge in [0.05, 0.1) is 11.3 Å². The highest BCUT2D eigenvalue weighted by molar-refractivity contribution is 5.73. The molecule has 3 rings (SSSR count). The summed E-state index contributed by atoms with van der Waals surface area (Å²) in [6, 6.07) is 16.6. The molecule has 6 heteroatoms. The van der Waals surface area contributed by atoms with Gasteiger partial charge in [-0.1, -0.05) is 47.6 Å². The van der Waals surface area contributed by atoms with Crippen LogP contribution in [0.3, 0.4) is 0 Å². The van der Waals surface area contributed by atoms with Crippen LogP contribution in [0.4, 0.5) is 0 Å². The Kier molecular flexibility index (Phi) is 6.45. The summed E-state index contributed by atoms with van der Waals surface area (Å²) in [4.78, 5) is 11.5. The van der Waals surface area contributed by atoms with E-state index in [1.807, 2.05) is 68.4 Å². The smallest absolute Gasteiger partial charge is 0.321 e. The third-order valence-corrected chi connectivity index (χ3v) is 4.62. The molecule has 6 nitrogen and oxygen atoms in total. The van der Waals surface area contributed by atoms with Crippen molar-refractivity contribution in [1.29, 1.82) is 0 Å². The van der Waals surface area contributed by atoms with E-state index in [-0.39, 0.29) is 0 Å². The van der Waals surface area contributed by atoms with Gasteiger partial charge in [-0.25, -0.2) is 0 Å². The minimum Gasteiger partial charge on any atom is -0.489 e. The molecule has 1 unspecified atom stereocenters. The van der Waals surface area contributed by atoms with Crippen LogP contribution in [0, 0.1) is 13.8 Å². The van der Waals surface area contributed by atoms with Crippen LogP contribution in [0.5, 0.6) is 5.75 Å². The molecule has 3 aromatic rings. The third kappa shape index (κ3) is 5.20. The van der Waals surface area contributed by atoms with E-state index in [0.717, 1.165) is 33.9 Å². The van der Waals surface area contributed by atoms with Gasteiger partial charge in [-0.05, 0) is 43.5 Å². The summed E-state index contributed by atoms with van der Waals surface area (Å²) < 4.78 is 10.9. The highest BCUT2D eigenvalue weighted by atomic mass is 16.5. The highest BCUT2D eigenvalue weighted by Crippen LogP contribution is 2.18. The minimum absolute atomic E-state index is 0.400. The Bertz CT molecular complexity index is 885. The van der Waals surface area contributed by atoms with E-state index in [0.29, 0.717) is 19.6 Å². The van der Waals surface area contributed by atoms with E-state index in [9.17, 15) is 9.90 Å². The third-order valence-electron chi connectivity index (χ3n) is 4.62. The van der Waals surface area contributed by atoms with Crippen molar-refractivity contribution in [3.05, 3.63) is 82.7 Å².